The van der Waals surface area contributed by atoms with Gasteiger partial charge >= 0.3 is 5.97 Å². The van der Waals surface area contributed by atoms with Crippen molar-refractivity contribution < 1.29 is 9.90 Å². The second kappa shape index (κ2) is 2.59. The molecule has 0 amide bonds. The number of fused-ring (bicyclic) bond motifs is 2. The van der Waals surface area contributed by atoms with Crippen molar-refractivity contribution in [3.05, 3.63) is 12.2 Å². The quantitative estimate of drug-likeness (QED) is 0.562. The third-order valence-corrected chi connectivity index (χ3v) is 3.09. The third kappa shape index (κ3) is 0.966. The van der Waals surface area contributed by atoms with E-state index in [0.717, 1.165) is 12.8 Å². The summed E-state index contributed by atoms with van der Waals surface area (Å²) < 4.78 is 0. The molecule has 0 aromatic carbocycles. The standard InChI is InChI=1S/C9H13NO2/c10-8-6-3-1-5(2-4-6)7(8)9(11)12/h1,3,5-8H,2,4,10H2,(H,11,12)/t5-,6+,7+,8-/m1/s1. The molecule has 66 valence electrons. The molecule has 0 saturated heterocycles. The topological polar surface area (TPSA) is 63.3 Å². The molecule has 1 fully saturated rings. The lowest BCUT2D eigenvalue weighted by atomic mass is 9.66. The van der Waals surface area contributed by atoms with E-state index in [9.17, 15) is 4.79 Å². The van der Waals surface area contributed by atoms with Crippen LogP contribution in [0.5, 0.6) is 0 Å². The van der Waals surface area contributed by atoms with Crippen LogP contribution in [0.15, 0.2) is 12.2 Å². The molecule has 2 bridgehead atoms. The minimum atomic E-state index is -0.735. The van der Waals surface area contributed by atoms with Gasteiger partial charge in [0.2, 0.25) is 0 Å². The molecular weight excluding hydrogens is 154 g/mol. The van der Waals surface area contributed by atoms with E-state index >= 15 is 0 Å². The van der Waals surface area contributed by atoms with Crippen LogP contribution in [-0.2, 0) is 4.79 Å². The lowest BCUT2D eigenvalue weighted by Crippen LogP contribution is -2.50. The van der Waals surface area contributed by atoms with Crippen LogP contribution in [0.3, 0.4) is 0 Å². The van der Waals surface area contributed by atoms with Gasteiger partial charge in [-0.1, -0.05) is 12.2 Å². The van der Waals surface area contributed by atoms with Crippen molar-refractivity contribution in [3.8, 4) is 0 Å². The molecule has 1 saturated carbocycles. The summed E-state index contributed by atoms with van der Waals surface area (Å²) in [5.74, 6) is -0.589. The highest BCUT2D eigenvalue weighted by Gasteiger charge is 2.42. The van der Waals surface area contributed by atoms with Gasteiger partial charge in [0.25, 0.3) is 0 Å². The molecule has 3 N–H and O–H groups in total. The maximum atomic E-state index is 10.8. The fourth-order valence-electron chi connectivity index (χ4n) is 2.38. The number of aliphatic carboxylic acids is 1. The first-order chi connectivity index (χ1) is 5.70. The van der Waals surface area contributed by atoms with Crippen LogP contribution in [0.4, 0.5) is 0 Å². The predicted octanol–water partition coefficient (Wildman–Crippen LogP) is 0.610. The number of allylic oxidation sites excluding steroid dienone is 1. The van der Waals surface area contributed by atoms with Gasteiger partial charge in [-0.15, -0.1) is 0 Å². The van der Waals surface area contributed by atoms with Crippen LogP contribution < -0.4 is 5.73 Å². The highest BCUT2D eigenvalue weighted by atomic mass is 16.4. The Labute approximate surface area is 71.3 Å². The van der Waals surface area contributed by atoms with E-state index in [-0.39, 0.29) is 17.9 Å². The molecule has 3 heteroatoms. The van der Waals surface area contributed by atoms with Gasteiger partial charge in [-0.05, 0) is 24.7 Å². The van der Waals surface area contributed by atoms with Gasteiger partial charge in [0.1, 0.15) is 0 Å². The molecule has 0 radical (unpaired) electrons. The Morgan fingerprint density at radius 1 is 1.33 bits per heavy atom. The number of carboxylic acid groups (broad SMARTS) is 1. The summed E-state index contributed by atoms with van der Waals surface area (Å²) >= 11 is 0. The zero-order valence-corrected chi connectivity index (χ0v) is 6.81. The van der Waals surface area contributed by atoms with Gasteiger partial charge in [0.15, 0.2) is 0 Å². The van der Waals surface area contributed by atoms with Crippen LogP contribution in [0, 0.1) is 17.8 Å². The summed E-state index contributed by atoms with van der Waals surface area (Å²) in [5.41, 5.74) is 5.83. The van der Waals surface area contributed by atoms with E-state index in [2.05, 4.69) is 6.08 Å². The zero-order chi connectivity index (χ0) is 8.72. The van der Waals surface area contributed by atoms with Gasteiger partial charge in [0.05, 0.1) is 5.92 Å². The minimum Gasteiger partial charge on any atom is -0.481 e. The average Bonchev–Trinajstić information content (AvgIpc) is 2.05. The van der Waals surface area contributed by atoms with Crippen LogP contribution in [0.25, 0.3) is 0 Å². The Balaban J connectivity index is 2.26. The van der Waals surface area contributed by atoms with E-state index in [1.54, 1.807) is 0 Å². The first kappa shape index (κ1) is 7.80. The summed E-state index contributed by atoms with van der Waals surface area (Å²) in [5, 5.41) is 8.92. The number of rotatable bonds is 1. The van der Waals surface area contributed by atoms with E-state index in [0.29, 0.717) is 5.92 Å². The largest absolute Gasteiger partial charge is 0.481 e. The van der Waals surface area contributed by atoms with Crippen LogP contribution in [0.1, 0.15) is 12.8 Å². The molecule has 3 rings (SSSR count). The smallest absolute Gasteiger partial charge is 0.308 e. The van der Waals surface area contributed by atoms with E-state index in [1.807, 2.05) is 6.08 Å². The second-order valence-corrected chi connectivity index (χ2v) is 3.73. The van der Waals surface area contributed by atoms with Crippen LogP contribution >= 0.6 is 0 Å². The van der Waals surface area contributed by atoms with Crippen molar-refractivity contribution in [2.45, 2.75) is 18.9 Å². The number of carbonyl (C=O) groups is 1. The maximum absolute atomic E-state index is 10.8. The molecular formula is C9H13NO2. The average molecular weight is 167 g/mol. The fraction of sp³-hybridized carbons (Fsp3) is 0.667. The Morgan fingerprint density at radius 2 is 1.92 bits per heavy atom. The second-order valence-electron chi connectivity index (χ2n) is 3.73. The fourth-order valence-corrected chi connectivity index (χ4v) is 2.38. The lowest BCUT2D eigenvalue weighted by molar-refractivity contribution is -0.145. The molecule has 0 aliphatic heterocycles. The van der Waals surface area contributed by atoms with Crippen molar-refractivity contribution >= 4 is 5.97 Å². The molecule has 3 nitrogen and oxygen atoms in total. The maximum Gasteiger partial charge on any atom is 0.308 e. The van der Waals surface area contributed by atoms with Gasteiger partial charge in [-0.2, -0.15) is 0 Å². The normalized spacial score (nSPS) is 44.8. The van der Waals surface area contributed by atoms with Crippen molar-refractivity contribution in [2.75, 3.05) is 0 Å². The molecule has 0 unspecified atom stereocenters. The summed E-state index contributed by atoms with van der Waals surface area (Å²) in [6.07, 6.45) is 6.16. The minimum absolute atomic E-state index is 0.161. The molecule has 12 heavy (non-hydrogen) atoms. The van der Waals surface area contributed by atoms with Crippen molar-refractivity contribution in [1.29, 1.82) is 0 Å². The van der Waals surface area contributed by atoms with Crippen LogP contribution in [-0.4, -0.2) is 17.1 Å². The molecule has 0 spiro atoms. The Bertz CT molecular complexity index is 237. The first-order valence-electron chi connectivity index (χ1n) is 4.37. The van der Waals surface area contributed by atoms with Crippen molar-refractivity contribution in [1.82, 2.24) is 0 Å². The number of nitrogens with two attached hydrogens (primary N) is 1. The highest BCUT2D eigenvalue weighted by Crippen LogP contribution is 2.39. The molecule has 4 atom stereocenters. The molecule has 0 heterocycles. The summed E-state index contributed by atoms with van der Waals surface area (Å²) in [6, 6.07) is -0.161. The monoisotopic (exact) mass is 167 g/mol. The van der Waals surface area contributed by atoms with Gasteiger partial charge in [-0.25, -0.2) is 0 Å². The first-order valence-corrected chi connectivity index (χ1v) is 4.37. The molecule has 0 aromatic rings. The predicted molar refractivity (Wildman–Crippen MR) is 44.5 cm³/mol. The van der Waals surface area contributed by atoms with Crippen LogP contribution in [0.2, 0.25) is 0 Å². The van der Waals surface area contributed by atoms with Gasteiger partial charge in [0, 0.05) is 6.04 Å². The Morgan fingerprint density at radius 3 is 2.25 bits per heavy atom. The third-order valence-electron chi connectivity index (χ3n) is 3.09. The number of hydrogen-bond donors (Lipinski definition) is 2. The Kier molecular flexibility index (Phi) is 1.68. The highest BCUT2D eigenvalue weighted by molar-refractivity contribution is 5.72. The van der Waals surface area contributed by atoms with Crippen molar-refractivity contribution in [2.24, 2.45) is 23.5 Å². The zero-order valence-electron chi connectivity index (χ0n) is 6.81. The van der Waals surface area contributed by atoms with Crippen molar-refractivity contribution in [3.63, 3.8) is 0 Å². The van der Waals surface area contributed by atoms with E-state index in [4.69, 9.17) is 10.8 Å². The van der Waals surface area contributed by atoms with E-state index in [1.165, 1.54) is 0 Å². The summed E-state index contributed by atoms with van der Waals surface area (Å²) in [4.78, 5) is 10.8. The van der Waals surface area contributed by atoms with Gasteiger partial charge in [-0.3, -0.25) is 4.79 Å². The van der Waals surface area contributed by atoms with Gasteiger partial charge < -0.3 is 10.8 Å². The SMILES string of the molecule is N[C@H]1[C@@H](C(=O)O)[C@@H]2C=C[C@H]1CC2. The Hall–Kier alpha value is -0.830. The number of hydrogen-bond acceptors (Lipinski definition) is 2. The lowest BCUT2D eigenvalue weighted by Gasteiger charge is -2.40. The molecule has 3 aliphatic carbocycles. The summed E-state index contributed by atoms with van der Waals surface area (Å²) in [6.45, 7) is 0. The van der Waals surface area contributed by atoms with E-state index < -0.39 is 5.97 Å². The summed E-state index contributed by atoms with van der Waals surface area (Å²) in [7, 11) is 0. The molecule has 3 aliphatic rings. The molecule has 0 aromatic heterocycles. The number of carboxylic acids is 1.